The Balaban J connectivity index is 1.73. The average molecular weight is 354 g/mol. The molecule has 2 amide bonds. The molecule has 138 valence electrons. The standard InChI is InChI=1S/C20H26N4O2/c1-4-24(5-2)20(26)22-13-9-14-16(23(3)11-13)8-12-10-21-15-6-7-17(25)19(14)18(12)15/h6-7,9-10,13,16,21,25H,4-5,8,11H2,1-3H3,(H,22,26)/t13-,16+/m0/s1. The van der Waals surface area contributed by atoms with Crippen molar-refractivity contribution in [2.45, 2.75) is 32.4 Å². The second-order valence-electron chi connectivity index (χ2n) is 7.21. The van der Waals surface area contributed by atoms with Gasteiger partial charge in [-0.1, -0.05) is 6.08 Å². The van der Waals surface area contributed by atoms with Crippen LogP contribution in [0.2, 0.25) is 0 Å². The molecule has 0 saturated heterocycles. The summed E-state index contributed by atoms with van der Waals surface area (Å²) in [7, 11) is 2.09. The molecule has 0 radical (unpaired) electrons. The topological polar surface area (TPSA) is 71.6 Å². The van der Waals surface area contributed by atoms with Crippen LogP contribution in [0.25, 0.3) is 16.5 Å². The van der Waals surface area contributed by atoms with Crippen molar-refractivity contribution in [2.24, 2.45) is 0 Å². The molecule has 0 bridgehead atoms. The van der Waals surface area contributed by atoms with Gasteiger partial charge in [-0.25, -0.2) is 4.79 Å². The first-order valence-corrected chi connectivity index (χ1v) is 9.33. The molecule has 0 unspecified atom stereocenters. The largest absolute Gasteiger partial charge is 0.507 e. The van der Waals surface area contributed by atoms with Crippen molar-refractivity contribution >= 4 is 22.5 Å². The number of aromatic nitrogens is 1. The van der Waals surface area contributed by atoms with Crippen LogP contribution in [0.3, 0.4) is 0 Å². The van der Waals surface area contributed by atoms with Crippen LogP contribution < -0.4 is 5.32 Å². The summed E-state index contributed by atoms with van der Waals surface area (Å²) in [6, 6.07) is 3.78. The van der Waals surface area contributed by atoms with Crippen molar-refractivity contribution < 1.29 is 9.90 Å². The normalized spacial score (nSPS) is 22.0. The number of carbonyl (C=O) groups is 1. The number of benzene rings is 1. The molecule has 4 rings (SSSR count). The Labute approximate surface area is 153 Å². The number of carbonyl (C=O) groups excluding carboxylic acids is 1. The number of hydrogen-bond acceptors (Lipinski definition) is 3. The van der Waals surface area contributed by atoms with E-state index in [9.17, 15) is 9.90 Å². The van der Waals surface area contributed by atoms with E-state index >= 15 is 0 Å². The Morgan fingerprint density at radius 1 is 1.38 bits per heavy atom. The van der Waals surface area contributed by atoms with E-state index in [0.717, 1.165) is 35.0 Å². The van der Waals surface area contributed by atoms with Crippen LogP contribution >= 0.6 is 0 Å². The minimum absolute atomic E-state index is 0.0377. The van der Waals surface area contributed by atoms with Crippen molar-refractivity contribution in [2.75, 3.05) is 26.7 Å². The molecular formula is C20H26N4O2. The Hall–Kier alpha value is -2.47. The predicted molar refractivity (Wildman–Crippen MR) is 103 cm³/mol. The molecule has 1 aliphatic carbocycles. The fourth-order valence-corrected chi connectivity index (χ4v) is 4.36. The molecule has 0 saturated carbocycles. The molecule has 2 heterocycles. The molecule has 26 heavy (non-hydrogen) atoms. The van der Waals surface area contributed by atoms with E-state index in [1.54, 1.807) is 11.0 Å². The van der Waals surface area contributed by atoms with Gasteiger partial charge in [0.25, 0.3) is 0 Å². The molecular weight excluding hydrogens is 328 g/mol. The van der Waals surface area contributed by atoms with Crippen LogP contribution in [0.15, 0.2) is 24.4 Å². The highest BCUT2D eigenvalue weighted by Crippen LogP contribution is 2.44. The zero-order valence-corrected chi connectivity index (χ0v) is 15.5. The van der Waals surface area contributed by atoms with E-state index in [0.29, 0.717) is 18.8 Å². The highest BCUT2D eigenvalue weighted by atomic mass is 16.3. The zero-order chi connectivity index (χ0) is 18.4. The van der Waals surface area contributed by atoms with Gasteiger partial charge in [0.2, 0.25) is 0 Å². The van der Waals surface area contributed by atoms with Crippen LogP contribution in [0, 0.1) is 0 Å². The van der Waals surface area contributed by atoms with Crippen LogP contribution in [0.1, 0.15) is 25.0 Å². The SMILES string of the molecule is CCN(CC)C(=O)N[C@H]1C=C2c3c(O)ccc4[nH]cc(c34)C[C@H]2N(C)C1. The lowest BCUT2D eigenvalue weighted by atomic mass is 9.80. The summed E-state index contributed by atoms with van der Waals surface area (Å²) in [5.41, 5.74) is 4.30. The van der Waals surface area contributed by atoms with Crippen molar-refractivity contribution in [1.29, 1.82) is 0 Å². The van der Waals surface area contributed by atoms with Gasteiger partial charge in [-0.15, -0.1) is 0 Å². The number of phenols is 1. The van der Waals surface area contributed by atoms with E-state index in [1.807, 2.05) is 26.1 Å². The quantitative estimate of drug-likeness (QED) is 0.793. The summed E-state index contributed by atoms with van der Waals surface area (Å²) in [5, 5.41) is 14.8. The Morgan fingerprint density at radius 3 is 2.88 bits per heavy atom. The van der Waals surface area contributed by atoms with E-state index in [2.05, 4.69) is 28.3 Å². The summed E-state index contributed by atoms with van der Waals surface area (Å²) in [4.78, 5) is 19.8. The first-order valence-electron chi connectivity index (χ1n) is 9.33. The second kappa shape index (κ2) is 6.36. The highest BCUT2D eigenvalue weighted by Gasteiger charge is 2.35. The number of aromatic hydroxyl groups is 1. The number of hydrogen-bond donors (Lipinski definition) is 3. The lowest BCUT2D eigenvalue weighted by Crippen LogP contribution is -2.52. The van der Waals surface area contributed by atoms with Gasteiger partial charge in [0.15, 0.2) is 0 Å². The molecule has 6 heteroatoms. The molecule has 1 aliphatic heterocycles. The lowest BCUT2D eigenvalue weighted by Gasteiger charge is -2.40. The van der Waals surface area contributed by atoms with Crippen LogP contribution in [0.4, 0.5) is 4.79 Å². The fourth-order valence-electron chi connectivity index (χ4n) is 4.36. The van der Waals surface area contributed by atoms with Crippen molar-refractivity contribution in [3.05, 3.63) is 35.5 Å². The number of fused-ring (bicyclic) bond motifs is 2. The molecule has 3 N–H and O–H groups in total. The van der Waals surface area contributed by atoms with E-state index in [4.69, 9.17) is 0 Å². The third kappa shape index (κ3) is 2.56. The molecule has 2 atom stereocenters. The first kappa shape index (κ1) is 17.0. The van der Waals surface area contributed by atoms with Gasteiger partial charge in [0.05, 0.1) is 6.04 Å². The molecule has 6 nitrogen and oxygen atoms in total. The number of nitrogens with zero attached hydrogens (tertiary/aromatic N) is 2. The summed E-state index contributed by atoms with van der Waals surface area (Å²) < 4.78 is 0. The van der Waals surface area contributed by atoms with Gasteiger partial charge >= 0.3 is 6.03 Å². The Kier molecular flexibility index (Phi) is 4.15. The number of H-pyrrole nitrogens is 1. The van der Waals surface area contributed by atoms with Gasteiger partial charge in [-0.2, -0.15) is 0 Å². The average Bonchev–Trinajstić information content (AvgIpc) is 3.02. The molecule has 1 aromatic heterocycles. The molecule has 2 aliphatic rings. The van der Waals surface area contributed by atoms with E-state index in [1.165, 1.54) is 5.56 Å². The predicted octanol–water partition coefficient (Wildman–Crippen LogP) is 2.55. The van der Waals surface area contributed by atoms with Gasteiger partial charge in [-0.3, -0.25) is 4.90 Å². The molecule has 2 aromatic rings. The number of nitrogens with one attached hydrogen (secondary N) is 2. The minimum Gasteiger partial charge on any atom is -0.507 e. The van der Waals surface area contributed by atoms with Gasteiger partial charge in [-0.05, 0) is 50.6 Å². The maximum Gasteiger partial charge on any atom is 0.317 e. The Bertz CT molecular complexity index is 881. The lowest BCUT2D eigenvalue weighted by molar-refractivity contribution is 0.193. The number of phenolic OH excluding ortho intramolecular Hbond substituents is 1. The summed E-state index contributed by atoms with van der Waals surface area (Å²) in [6.07, 6.45) is 5.10. The zero-order valence-electron chi connectivity index (χ0n) is 15.5. The smallest absolute Gasteiger partial charge is 0.317 e. The minimum atomic E-state index is -0.0745. The molecule has 1 aromatic carbocycles. The van der Waals surface area contributed by atoms with Gasteiger partial charge in [0, 0.05) is 48.3 Å². The van der Waals surface area contributed by atoms with Crippen molar-refractivity contribution in [1.82, 2.24) is 20.1 Å². The monoisotopic (exact) mass is 354 g/mol. The summed E-state index contributed by atoms with van der Waals surface area (Å²) in [5.74, 6) is 0.304. The van der Waals surface area contributed by atoms with E-state index in [-0.39, 0.29) is 18.1 Å². The molecule has 0 fully saturated rings. The number of aromatic amines is 1. The third-order valence-corrected chi connectivity index (χ3v) is 5.72. The second-order valence-corrected chi connectivity index (χ2v) is 7.21. The van der Waals surface area contributed by atoms with Crippen molar-refractivity contribution in [3.8, 4) is 5.75 Å². The number of rotatable bonds is 3. The van der Waals surface area contributed by atoms with Gasteiger partial charge < -0.3 is 20.3 Å². The number of likely N-dealkylation sites (N-methyl/N-ethyl adjacent to an activating group) is 1. The number of amides is 2. The summed E-state index contributed by atoms with van der Waals surface area (Å²) >= 11 is 0. The molecule has 0 spiro atoms. The fraction of sp³-hybridized carbons (Fsp3) is 0.450. The highest BCUT2D eigenvalue weighted by molar-refractivity contribution is 6.00. The maximum atomic E-state index is 12.5. The van der Waals surface area contributed by atoms with Crippen LogP contribution in [-0.4, -0.2) is 64.7 Å². The number of urea groups is 1. The van der Waals surface area contributed by atoms with Crippen molar-refractivity contribution in [3.63, 3.8) is 0 Å². The van der Waals surface area contributed by atoms with Crippen LogP contribution in [0.5, 0.6) is 5.75 Å². The first-order chi connectivity index (χ1) is 12.5. The third-order valence-electron chi connectivity index (χ3n) is 5.72. The van der Waals surface area contributed by atoms with E-state index < -0.39 is 0 Å². The Morgan fingerprint density at radius 2 is 2.15 bits per heavy atom. The maximum absolute atomic E-state index is 12.5. The summed E-state index contributed by atoms with van der Waals surface area (Å²) in [6.45, 7) is 6.11. The van der Waals surface area contributed by atoms with Gasteiger partial charge in [0.1, 0.15) is 5.75 Å². The van der Waals surface area contributed by atoms with Crippen LogP contribution in [-0.2, 0) is 6.42 Å².